The fourth-order valence-electron chi connectivity index (χ4n) is 4.65. The van der Waals surface area contributed by atoms with E-state index >= 15 is 0 Å². The lowest BCUT2D eigenvalue weighted by molar-refractivity contribution is 0.0626. The molecule has 0 spiro atoms. The molecule has 0 N–H and O–H groups in total. The van der Waals surface area contributed by atoms with Crippen molar-refractivity contribution in [3.63, 3.8) is 0 Å². The number of carbonyl (C=O) groups is 1. The van der Waals surface area contributed by atoms with Crippen LogP contribution in [0.25, 0.3) is 33.0 Å². The highest BCUT2D eigenvalue weighted by Gasteiger charge is 2.24. The smallest absolute Gasteiger partial charge is 0.257 e. The van der Waals surface area contributed by atoms with Gasteiger partial charge in [-0.05, 0) is 39.7 Å². The van der Waals surface area contributed by atoms with Crippen molar-refractivity contribution in [2.24, 2.45) is 0 Å². The van der Waals surface area contributed by atoms with E-state index in [9.17, 15) is 4.79 Å². The molecule has 1 aromatic heterocycles. The van der Waals surface area contributed by atoms with E-state index in [0.717, 1.165) is 40.4 Å². The first-order valence-electron chi connectivity index (χ1n) is 11.6. The van der Waals surface area contributed by atoms with Crippen LogP contribution in [0.5, 0.6) is 0 Å². The maximum atomic E-state index is 13.2. The number of amides is 1. The van der Waals surface area contributed by atoms with Gasteiger partial charge >= 0.3 is 0 Å². The van der Waals surface area contributed by atoms with Crippen molar-refractivity contribution in [2.75, 3.05) is 26.2 Å². The Morgan fingerprint density at radius 3 is 2.38 bits per heavy atom. The van der Waals surface area contributed by atoms with Crippen LogP contribution in [0.15, 0.2) is 89.5 Å². The minimum absolute atomic E-state index is 0.0922. The monoisotopic (exact) mass is 448 g/mol. The van der Waals surface area contributed by atoms with Crippen LogP contribution < -0.4 is 0 Å². The van der Waals surface area contributed by atoms with Crippen LogP contribution in [0, 0.1) is 0 Å². The van der Waals surface area contributed by atoms with E-state index in [1.165, 1.54) is 5.39 Å². The van der Waals surface area contributed by atoms with E-state index in [1.54, 1.807) is 0 Å². The molecular formula is C28H24N4O2. The van der Waals surface area contributed by atoms with Crippen LogP contribution in [-0.2, 0) is 6.54 Å². The number of aromatic nitrogens is 2. The second kappa shape index (κ2) is 8.72. The minimum Gasteiger partial charge on any atom is -0.336 e. The molecule has 0 radical (unpaired) electrons. The molecule has 0 atom stereocenters. The number of benzene rings is 4. The molecule has 5 aromatic rings. The zero-order chi connectivity index (χ0) is 22.9. The van der Waals surface area contributed by atoms with Gasteiger partial charge in [0.05, 0.1) is 6.54 Å². The average molecular weight is 449 g/mol. The van der Waals surface area contributed by atoms with Gasteiger partial charge in [-0.15, -0.1) is 0 Å². The number of fused-ring (bicyclic) bond motifs is 2. The second-order valence-corrected chi connectivity index (χ2v) is 8.67. The van der Waals surface area contributed by atoms with E-state index in [4.69, 9.17) is 4.52 Å². The van der Waals surface area contributed by atoms with Gasteiger partial charge in [-0.1, -0.05) is 71.9 Å². The minimum atomic E-state index is 0.0922. The second-order valence-electron chi connectivity index (χ2n) is 8.67. The van der Waals surface area contributed by atoms with Crippen LogP contribution >= 0.6 is 0 Å². The fourth-order valence-corrected chi connectivity index (χ4v) is 4.65. The summed E-state index contributed by atoms with van der Waals surface area (Å²) in [6.45, 7) is 3.51. The Morgan fingerprint density at radius 2 is 1.53 bits per heavy atom. The third kappa shape index (κ3) is 3.93. The highest BCUT2D eigenvalue weighted by atomic mass is 16.5. The molecular weight excluding hydrogens is 424 g/mol. The quantitative estimate of drug-likeness (QED) is 0.387. The summed E-state index contributed by atoms with van der Waals surface area (Å²) < 4.78 is 5.55. The first-order valence-corrected chi connectivity index (χ1v) is 11.6. The molecule has 6 nitrogen and oxygen atoms in total. The van der Waals surface area contributed by atoms with Crippen LogP contribution in [0.4, 0.5) is 0 Å². The Morgan fingerprint density at radius 1 is 0.794 bits per heavy atom. The molecule has 168 valence electrons. The molecule has 1 saturated heterocycles. The van der Waals surface area contributed by atoms with Crippen LogP contribution in [0.1, 0.15) is 16.2 Å². The molecule has 1 aliphatic heterocycles. The number of piperazine rings is 1. The molecule has 0 bridgehead atoms. The average Bonchev–Trinajstić information content (AvgIpc) is 3.36. The molecule has 34 heavy (non-hydrogen) atoms. The Balaban J connectivity index is 1.11. The highest BCUT2D eigenvalue weighted by molar-refractivity contribution is 6.07. The van der Waals surface area contributed by atoms with Crippen molar-refractivity contribution in [1.29, 1.82) is 0 Å². The van der Waals surface area contributed by atoms with Crippen molar-refractivity contribution in [3.05, 3.63) is 96.3 Å². The molecule has 6 rings (SSSR count). The maximum absolute atomic E-state index is 13.2. The third-order valence-corrected chi connectivity index (χ3v) is 6.51. The summed E-state index contributed by atoms with van der Waals surface area (Å²) in [5.74, 6) is 1.29. The largest absolute Gasteiger partial charge is 0.336 e. The van der Waals surface area contributed by atoms with E-state index in [2.05, 4.69) is 39.3 Å². The van der Waals surface area contributed by atoms with Gasteiger partial charge in [-0.25, -0.2) is 0 Å². The topological polar surface area (TPSA) is 62.5 Å². The molecule has 1 fully saturated rings. The molecule has 1 amide bonds. The van der Waals surface area contributed by atoms with Crippen LogP contribution in [0.3, 0.4) is 0 Å². The molecule has 2 heterocycles. The number of hydrogen-bond donors (Lipinski definition) is 0. The van der Waals surface area contributed by atoms with E-state index in [1.807, 2.05) is 65.6 Å². The van der Waals surface area contributed by atoms with Crippen molar-refractivity contribution in [3.8, 4) is 11.5 Å². The zero-order valence-corrected chi connectivity index (χ0v) is 18.7. The number of rotatable bonds is 4. The molecule has 6 heteroatoms. The van der Waals surface area contributed by atoms with Crippen molar-refractivity contribution in [1.82, 2.24) is 19.9 Å². The van der Waals surface area contributed by atoms with E-state index in [-0.39, 0.29) is 5.91 Å². The van der Waals surface area contributed by atoms with Gasteiger partial charge in [0.2, 0.25) is 0 Å². The molecule has 0 aliphatic carbocycles. The van der Waals surface area contributed by atoms with Gasteiger partial charge in [0.1, 0.15) is 0 Å². The van der Waals surface area contributed by atoms with Crippen LogP contribution in [0.2, 0.25) is 0 Å². The van der Waals surface area contributed by atoms with Crippen molar-refractivity contribution in [2.45, 2.75) is 6.54 Å². The lowest BCUT2D eigenvalue weighted by Gasteiger charge is -2.34. The molecule has 1 aliphatic rings. The SMILES string of the molecule is O=C(c1cccc2ccccc12)N1CCN(Cc2noc(-c3ccc4ccccc4c3)n2)CC1. The summed E-state index contributed by atoms with van der Waals surface area (Å²) in [5.41, 5.74) is 1.69. The summed E-state index contributed by atoms with van der Waals surface area (Å²) >= 11 is 0. The predicted octanol–water partition coefficient (Wildman–Crippen LogP) is 5.00. The fraction of sp³-hybridized carbons (Fsp3) is 0.179. The van der Waals surface area contributed by atoms with Gasteiger partial charge in [-0.2, -0.15) is 4.98 Å². The standard InChI is InChI=1S/C28H24N4O2/c33-28(25-11-5-9-21-7-3-4-10-24(21)25)32-16-14-31(15-17-32)19-26-29-27(34-30-26)23-13-12-20-6-1-2-8-22(20)18-23/h1-13,18H,14-17,19H2. The van der Waals surface area contributed by atoms with Crippen molar-refractivity contribution >= 4 is 27.5 Å². The van der Waals surface area contributed by atoms with Gasteiger partial charge in [0.15, 0.2) is 5.82 Å². The normalized spacial score (nSPS) is 14.6. The molecule has 0 saturated carbocycles. The van der Waals surface area contributed by atoms with Gasteiger partial charge in [0, 0.05) is 37.3 Å². The molecule has 4 aromatic carbocycles. The third-order valence-electron chi connectivity index (χ3n) is 6.51. The predicted molar refractivity (Wildman–Crippen MR) is 132 cm³/mol. The Hall–Kier alpha value is -4.03. The van der Waals surface area contributed by atoms with Crippen LogP contribution in [-0.4, -0.2) is 52.0 Å². The maximum Gasteiger partial charge on any atom is 0.257 e. The number of carbonyl (C=O) groups excluding carboxylic acids is 1. The van der Waals surface area contributed by atoms with Crippen molar-refractivity contribution < 1.29 is 9.32 Å². The highest BCUT2D eigenvalue weighted by Crippen LogP contribution is 2.24. The van der Waals surface area contributed by atoms with E-state index in [0.29, 0.717) is 31.3 Å². The van der Waals surface area contributed by atoms with Gasteiger partial charge in [-0.3, -0.25) is 9.69 Å². The number of hydrogen-bond acceptors (Lipinski definition) is 5. The Bertz CT molecular complexity index is 1480. The Labute approximate surface area is 197 Å². The lowest BCUT2D eigenvalue weighted by Crippen LogP contribution is -2.48. The van der Waals surface area contributed by atoms with Gasteiger partial charge in [0.25, 0.3) is 11.8 Å². The number of nitrogens with zero attached hydrogens (tertiary/aromatic N) is 4. The first kappa shape index (κ1) is 20.6. The summed E-state index contributed by atoms with van der Waals surface area (Å²) in [5, 5.41) is 8.62. The summed E-state index contributed by atoms with van der Waals surface area (Å²) in [7, 11) is 0. The zero-order valence-electron chi connectivity index (χ0n) is 18.7. The Kier molecular flexibility index (Phi) is 5.28. The van der Waals surface area contributed by atoms with Gasteiger partial charge < -0.3 is 9.42 Å². The van der Waals surface area contributed by atoms with E-state index < -0.39 is 0 Å². The first-order chi connectivity index (χ1) is 16.7. The summed E-state index contributed by atoms with van der Waals surface area (Å²) in [6.07, 6.45) is 0. The summed E-state index contributed by atoms with van der Waals surface area (Å²) in [6, 6.07) is 28.3. The summed E-state index contributed by atoms with van der Waals surface area (Å²) in [4.78, 5) is 22.0. The molecule has 0 unspecified atom stereocenters. The lowest BCUT2D eigenvalue weighted by atomic mass is 10.0.